The normalized spacial score (nSPS) is 19.1. The predicted molar refractivity (Wildman–Crippen MR) is 117 cm³/mol. The Morgan fingerprint density at radius 1 is 1.07 bits per heavy atom. The van der Waals surface area contributed by atoms with Crippen LogP contribution in [0.2, 0.25) is 0 Å². The van der Waals surface area contributed by atoms with E-state index in [2.05, 4.69) is 40.3 Å². The Labute approximate surface area is 175 Å². The first kappa shape index (κ1) is 18.7. The van der Waals surface area contributed by atoms with E-state index < -0.39 is 5.60 Å². The highest BCUT2D eigenvalue weighted by Gasteiger charge is 2.27. The van der Waals surface area contributed by atoms with Crippen LogP contribution >= 0.6 is 11.3 Å². The maximum Gasteiger partial charge on any atom is 0.151 e. The number of aliphatic hydroxyl groups is 1. The Balaban J connectivity index is 1.61. The van der Waals surface area contributed by atoms with Crippen LogP contribution in [-0.4, -0.2) is 37.0 Å². The number of thiophene rings is 1. The van der Waals surface area contributed by atoms with Crippen LogP contribution in [0.4, 0.5) is 5.69 Å². The van der Waals surface area contributed by atoms with E-state index >= 15 is 0 Å². The molecule has 3 aromatic rings. The van der Waals surface area contributed by atoms with E-state index in [9.17, 15) is 5.11 Å². The summed E-state index contributed by atoms with van der Waals surface area (Å²) in [4.78, 5) is 2.34. The van der Waals surface area contributed by atoms with Crippen molar-refractivity contribution < 1.29 is 14.3 Å². The maximum absolute atomic E-state index is 10.9. The van der Waals surface area contributed by atoms with Gasteiger partial charge in [0.05, 0.1) is 18.8 Å². The zero-order valence-electron chi connectivity index (χ0n) is 16.4. The molecule has 1 aliphatic carbocycles. The van der Waals surface area contributed by atoms with E-state index in [1.165, 1.54) is 6.42 Å². The Hall–Kier alpha value is -2.26. The first-order chi connectivity index (χ1) is 14.2. The molecule has 1 aromatic carbocycles. The molecule has 0 unspecified atom stereocenters. The van der Waals surface area contributed by atoms with Crippen molar-refractivity contribution in [3.8, 4) is 23.2 Å². The number of hydrogen-bond donors (Lipinski definition) is 1. The van der Waals surface area contributed by atoms with Gasteiger partial charge in [-0.25, -0.2) is 0 Å². The van der Waals surface area contributed by atoms with Gasteiger partial charge >= 0.3 is 0 Å². The van der Waals surface area contributed by atoms with Gasteiger partial charge in [-0.15, -0.1) is 0 Å². The largest absolute Gasteiger partial charge is 0.455 e. The fourth-order valence-corrected chi connectivity index (χ4v) is 4.90. The van der Waals surface area contributed by atoms with Gasteiger partial charge in [0.1, 0.15) is 11.2 Å². The van der Waals surface area contributed by atoms with Gasteiger partial charge in [0.15, 0.2) is 5.76 Å². The summed E-state index contributed by atoms with van der Waals surface area (Å²) < 4.78 is 11.7. The molecular formula is C24H25NO3S. The minimum Gasteiger partial charge on any atom is -0.455 e. The number of nitrogens with zero attached hydrogens (tertiary/aromatic N) is 1. The Morgan fingerprint density at radius 3 is 2.66 bits per heavy atom. The number of benzene rings is 1. The van der Waals surface area contributed by atoms with E-state index in [4.69, 9.17) is 9.15 Å². The fourth-order valence-electron chi connectivity index (χ4n) is 4.27. The second-order valence-electron chi connectivity index (χ2n) is 7.94. The molecule has 0 amide bonds. The molecule has 3 heterocycles. The lowest BCUT2D eigenvalue weighted by atomic mass is 9.85. The van der Waals surface area contributed by atoms with Gasteiger partial charge in [0, 0.05) is 35.1 Å². The monoisotopic (exact) mass is 407 g/mol. The first-order valence-corrected chi connectivity index (χ1v) is 11.3. The van der Waals surface area contributed by atoms with E-state index in [0.29, 0.717) is 0 Å². The standard InChI is InChI=1S/C24H25NO3S/c26-24(8-2-1-3-9-24)10-6-20-21-16-19(25-11-13-27-14-12-25)4-5-22(21)28-23(20)18-7-15-29-17-18/h4-5,7,15-17,26H,1-3,8-9,11-14H2. The molecule has 0 atom stereocenters. The van der Waals surface area contributed by atoms with Crippen molar-refractivity contribution in [2.24, 2.45) is 0 Å². The molecule has 2 fully saturated rings. The molecule has 5 rings (SSSR count). The van der Waals surface area contributed by atoms with Crippen molar-refractivity contribution in [2.75, 3.05) is 31.2 Å². The third-order valence-electron chi connectivity index (χ3n) is 5.93. The quantitative estimate of drug-likeness (QED) is 0.604. The van der Waals surface area contributed by atoms with Crippen molar-refractivity contribution in [1.82, 2.24) is 0 Å². The summed E-state index contributed by atoms with van der Waals surface area (Å²) in [5, 5.41) is 16.0. The first-order valence-electron chi connectivity index (χ1n) is 10.4. The summed E-state index contributed by atoms with van der Waals surface area (Å²) in [5.41, 5.74) is 3.04. The van der Waals surface area contributed by atoms with E-state index in [1.807, 2.05) is 11.4 Å². The number of anilines is 1. The highest BCUT2D eigenvalue weighted by molar-refractivity contribution is 7.08. The summed E-state index contributed by atoms with van der Waals surface area (Å²) >= 11 is 1.64. The summed E-state index contributed by atoms with van der Waals surface area (Å²) in [6.07, 6.45) is 4.76. The molecule has 1 saturated carbocycles. The van der Waals surface area contributed by atoms with Gasteiger partial charge in [0.2, 0.25) is 0 Å². The van der Waals surface area contributed by atoms with Gasteiger partial charge in [-0.3, -0.25) is 0 Å². The molecule has 1 saturated heterocycles. The third-order valence-corrected chi connectivity index (χ3v) is 6.62. The van der Waals surface area contributed by atoms with Crippen LogP contribution in [0.15, 0.2) is 39.4 Å². The van der Waals surface area contributed by atoms with Crippen molar-refractivity contribution >= 4 is 28.0 Å². The summed E-state index contributed by atoms with van der Waals surface area (Å²) in [5.74, 6) is 7.34. The van der Waals surface area contributed by atoms with Gasteiger partial charge in [-0.2, -0.15) is 11.3 Å². The minimum absolute atomic E-state index is 0.753. The van der Waals surface area contributed by atoms with Gasteiger partial charge in [-0.1, -0.05) is 18.3 Å². The molecule has 5 heteroatoms. The second kappa shape index (κ2) is 7.87. The van der Waals surface area contributed by atoms with E-state index in [0.717, 1.165) is 85.5 Å². The van der Waals surface area contributed by atoms with Crippen LogP contribution in [-0.2, 0) is 4.74 Å². The number of furan rings is 1. The molecular weight excluding hydrogens is 382 g/mol. The summed E-state index contributed by atoms with van der Waals surface area (Å²) in [7, 11) is 0. The molecule has 2 aliphatic rings. The van der Waals surface area contributed by atoms with Crippen LogP contribution in [0.1, 0.15) is 37.7 Å². The average Bonchev–Trinajstić information content (AvgIpc) is 3.41. The Kier molecular flexibility index (Phi) is 5.09. The summed E-state index contributed by atoms with van der Waals surface area (Å²) in [6.45, 7) is 3.29. The minimum atomic E-state index is -0.879. The fraction of sp³-hybridized carbons (Fsp3) is 0.417. The summed E-state index contributed by atoms with van der Waals surface area (Å²) in [6, 6.07) is 8.39. The smallest absolute Gasteiger partial charge is 0.151 e. The highest BCUT2D eigenvalue weighted by atomic mass is 32.1. The van der Waals surface area contributed by atoms with E-state index in [-0.39, 0.29) is 0 Å². The SMILES string of the molecule is OC1(C#Cc2c(-c3ccsc3)oc3ccc(N4CCOCC4)cc23)CCCCC1. The van der Waals surface area contributed by atoms with Crippen LogP contribution in [0, 0.1) is 11.8 Å². The molecule has 150 valence electrons. The van der Waals surface area contributed by atoms with Crippen molar-refractivity contribution in [3.63, 3.8) is 0 Å². The number of ether oxygens (including phenoxy) is 1. The lowest BCUT2D eigenvalue weighted by molar-refractivity contribution is 0.0610. The molecule has 0 spiro atoms. The lowest BCUT2D eigenvalue weighted by Gasteiger charge is -2.28. The highest BCUT2D eigenvalue weighted by Crippen LogP contribution is 2.37. The maximum atomic E-state index is 10.9. The molecule has 0 bridgehead atoms. The van der Waals surface area contributed by atoms with Gasteiger partial charge < -0.3 is 19.2 Å². The van der Waals surface area contributed by atoms with Crippen LogP contribution in [0.3, 0.4) is 0 Å². The molecule has 0 radical (unpaired) electrons. The third kappa shape index (κ3) is 3.81. The molecule has 1 N–H and O–H groups in total. The predicted octanol–water partition coefficient (Wildman–Crippen LogP) is 5.04. The molecule has 1 aliphatic heterocycles. The topological polar surface area (TPSA) is 45.8 Å². The van der Waals surface area contributed by atoms with Crippen LogP contribution in [0.25, 0.3) is 22.3 Å². The Morgan fingerprint density at radius 2 is 1.90 bits per heavy atom. The molecule has 2 aromatic heterocycles. The molecule has 29 heavy (non-hydrogen) atoms. The molecule has 4 nitrogen and oxygen atoms in total. The van der Waals surface area contributed by atoms with Crippen molar-refractivity contribution in [1.29, 1.82) is 0 Å². The van der Waals surface area contributed by atoms with E-state index in [1.54, 1.807) is 11.3 Å². The second-order valence-corrected chi connectivity index (χ2v) is 8.72. The average molecular weight is 408 g/mol. The zero-order chi connectivity index (χ0) is 19.7. The van der Waals surface area contributed by atoms with Crippen LogP contribution < -0.4 is 4.90 Å². The van der Waals surface area contributed by atoms with Gasteiger partial charge in [-0.05, 0) is 55.3 Å². The zero-order valence-corrected chi connectivity index (χ0v) is 17.3. The number of fused-ring (bicyclic) bond motifs is 1. The lowest BCUT2D eigenvalue weighted by Crippen LogP contribution is -2.36. The van der Waals surface area contributed by atoms with Crippen molar-refractivity contribution in [2.45, 2.75) is 37.7 Å². The van der Waals surface area contributed by atoms with Crippen LogP contribution in [0.5, 0.6) is 0 Å². The van der Waals surface area contributed by atoms with Crippen molar-refractivity contribution in [3.05, 3.63) is 40.6 Å². The Bertz CT molecular complexity index is 1050. The number of hydrogen-bond acceptors (Lipinski definition) is 5. The number of rotatable bonds is 2. The van der Waals surface area contributed by atoms with Gasteiger partial charge in [0.25, 0.3) is 0 Å². The number of morpholine rings is 1.